The van der Waals surface area contributed by atoms with Crippen molar-refractivity contribution in [2.24, 2.45) is 0 Å². The van der Waals surface area contributed by atoms with E-state index < -0.39 is 0 Å². The molecular weight excluding hydrogens is 280 g/mol. The molecule has 0 aromatic carbocycles. The van der Waals surface area contributed by atoms with Crippen LogP contribution in [0.3, 0.4) is 0 Å². The largest absolute Gasteiger partial charge is 0.341 e. The summed E-state index contributed by atoms with van der Waals surface area (Å²) in [5.74, 6) is 0.000912. The molecule has 1 fully saturated rings. The summed E-state index contributed by atoms with van der Waals surface area (Å²) in [4.78, 5) is 25.8. The van der Waals surface area contributed by atoms with Crippen molar-refractivity contribution in [1.29, 1.82) is 0 Å². The Morgan fingerprint density at radius 2 is 2.10 bits per heavy atom. The molecule has 2 aliphatic heterocycles. The molecule has 6 nitrogen and oxygen atoms in total. The number of amides is 1. The van der Waals surface area contributed by atoms with Crippen LogP contribution in [0.1, 0.15) is 24.1 Å². The van der Waals surface area contributed by atoms with Crippen molar-refractivity contribution in [3.63, 3.8) is 0 Å². The third kappa shape index (κ3) is 3.02. The SMILES string of the molecule is Cl.O=C(Cn1nc2c(cc1=O)CNCC2)N1CCCC1. The van der Waals surface area contributed by atoms with Gasteiger partial charge in [0.25, 0.3) is 5.56 Å². The molecule has 0 unspecified atom stereocenters. The quantitative estimate of drug-likeness (QED) is 0.830. The van der Waals surface area contributed by atoms with Crippen molar-refractivity contribution >= 4 is 18.3 Å². The third-order valence-corrected chi connectivity index (χ3v) is 3.76. The fraction of sp³-hybridized carbons (Fsp3) is 0.615. The van der Waals surface area contributed by atoms with Gasteiger partial charge in [0.2, 0.25) is 5.91 Å². The van der Waals surface area contributed by atoms with Crippen LogP contribution >= 0.6 is 12.4 Å². The van der Waals surface area contributed by atoms with Gasteiger partial charge in [-0.25, -0.2) is 4.68 Å². The molecular formula is C13H19ClN4O2. The Kier molecular flexibility index (Phi) is 4.77. The summed E-state index contributed by atoms with van der Waals surface area (Å²) in [6, 6.07) is 1.60. The number of nitrogens with one attached hydrogen (secondary N) is 1. The van der Waals surface area contributed by atoms with Crippen molar-refractivity contribution in [2.45, 2.75) is 32.4 Å². The Morgan fingerprint density at radius 3 is 2.85 bits per heavy atom. The second kappa shape index (κ2) is 6.37. The lowest BCUT2D eigenvalue weighted by Crippen LogP contribution is -2.37. The zero-order valence-corrected chi connectivity index (χ0v) is 12.1. The molecule has 1 saturated heterocycles. The summed E-state index contributed by atoms with van der Waals surface area (Å²) in [6.07, 6.45) is 2.93. The minimum absolute atomic E-state index is 0. The van der Waals surface area contributed by atoms with Crippen molar-refractivity contribution in [1.82, 2.24) is 20.0 Å². The second-order valence-corrected chi connectivity index (χ2v) is 5.13. The highest BCUT2D eigenvalue weighted by atomic mass is 35.5. The molecule has 0 radical (unpaired) electrons. The van der Waals surface area contributed by atoms with Crippen molar-refractivity contribution in [2.75, 3.05) is 19.6 Å². The van der Waals surface area contributed by atoms with E-state index in [0.717, 1.165) is 50.2 Å². The molecule has 1 amide bonds. The molecule has 1 aromatic heterocycles. The number of hydrogen-bond donors (Lipinski definition) is 1. The first-order valence-electron chi connectivity index (χ1n) is 6.82. The van der Waals surface area contributed by atoms with Crippen LogP contribution in [0.25, 0.3) is 0 Å². The van der Waals surface area contributed by atoms with Crippen LogP contribution in [0.15, 0.2) is 10.9 Å². The van der Waals surface area contributed by atoms with Crippen molar-refractivity contribution in [3.05, 3.63) is 27.7 Å². The van der Waals surface area contributed by atoms with Gasteiger partial charge in [-0.2, -0.15) is 5.10 Å². The van der Waals surface area contributed by atoms with Crippen molar-refractivity contribution < 1.29 is 4.79 Å². The number of halogens is 1. The maximum atomic E-state index is 12.0. The third-order valence-electron chi connectivity index (χ3n) is 3.76. The Labute approximate surface area is 123 Å². The Hall–Kier alpha value is -1.40. The lowest BCUT2D eigenvalue weighted by molar-refractivity contribution is -0.131. The molecule has 0 aliphatic carbocycles. The normalized spacial score (nSPS) is 17.5. The Morgan fingerprint density at radius 1 is 1.35 bits per heavy atom. The van der Waals surface area contributed by atoms with E-state index in [2.05, 4.69) is 10.4 Å². The van der Waals surface area contributed by atoms with Gasteiger partial charge in [-0.05, 0) is 18.4 Å². The molecule has 3 heterocycles. The summed E-state index contributed by atoms with van der Waals surface area (Å²) in [7, 11) is 0. The van der Waals surface area contributed by atoms with E-state index in [-0.39, 0.29) is 30.4 Å². The molecule has 0 saturated carbocycles. The molecule has 20 heavy (non-hydrogen) atoms. The molecule has 1 aromatic rings. The maximum absolute atomic E-state index is 12.0. The van der Waals surface area contributed by atoms with Crippen LogP contribution in [0.2, 0.25) is 0 Å². The lowest BCUT2D eigenvalue weighted by atomic mass is 10.1. The first-order valence-corrected chi connectivity index (χ1v) is 6.82. The number of likely N-dealkylation sites (tertiary alicyclic amines) is 1. The van der Waals surface area contributed by atoms with E-state index in [9.17, 15) is 9.59 Å². The zero-order chi connectivity index (χ0) is 13.2. The van der Waals surface area contributed by atoms with E-state index in [0.29, 0.717) is 6.54 Å². The Balaban J connectivity index is 0.00000147. The predicted octanol–water partition coefficient (Wildman–Crippen LogP) is -0.0668. The van der Waals surface area contributed by atoms with Crippen LogP contribution < -0.4 is 10.9 Å². The summed E-state index contributed by atoms with van der Waals surface area (Å²) in [5.41, 5.74) is 1.71. The van der Waals surface area contributed by atoms with E-state index in [4.69, 9.17) is 0 Å². The summed E-state index contributed by atoms with van der Waals surface area (Å²) < 4.78 is 1.31. The monoisotopic (exact) mass is 298 g/mol. The zero-order valence-electron chi connectivity index (χ0n) is 11.3. The number of aromatic nitrogens is 2. The molecule has 0 bridgehead atoms. The minimum atomic E-state index is -0.185. The fourth-order valence-corrected chi connectivity index (χ4v) is 2.67. The van der Waals surface area contributed by atoms with E-state index >= 15 is 0 Å². The van der Waals surface area contributed by atoms with Crippen LogP contribution in [-0.4, -0.2) is 40.2 Å². The lowest BCUT2D eigenvalue weighted by Gasteiger charge is -2.19. The minimum Gasteiger partial charge on any atom is -0.341 e. The van der Waals surface area contributed by atoms with Crippen molar-refractivity contribution in [3.8, 4) is 0 Å². The van der Waals surface area contributed by atoms with Gasteiger partial charge in [0, 0.05) is 38.7 Å². The average Bonchev–Trinajstić information content (AvgIpc) is 2.93. The topological polar surface area (TPSA) is 67.2 Å². The molecule has 0 atom stereocenters. The average molecular weight is 299 g/mol. The summed E-state index contributed by atoms with van der Waals surface area (Å²) in [6.45, 7) is 3.25. The smallest absolute Gasteiger partial charge is 0.267 e. The van der Waals surface area contributed by atoms with Crippen LogP contribution in [0, 0.1) is 0 Å². The highest BCUT2D eigenvalue weighted by Crippen LogP contribution is 2.09. The number of carbonyl (C=O) groups is 1. The van der Waals surface area contributed by atoms with Crippen LogP contribution in [0.5, 0.6) is 0 Å². The molecule has 2 aliphatic rings. The number of rotatable bonds is 2. The standard InChI is InChI=1S/C13H18N4O2.ClH/c18-12-7-10-8-14-4-3-11(10)15-17(12)9-13(19)16-5-1-2-6-16;/h7,14H,1-6,8-9H2;1H. The highest BCUT2D eigenvalue weighted by Gasteiger charge is 2.20. The van der Waals surface area contributed by atoms with Gasteiger partial charge in [0.1, 0.15) is 6.54 Å². The van der Waals surface area contributed by atoms with Gasteiger partial charge < -0.3 is 10.2 Å². The first kappa shape index (κ1) is 15.0. The van der Waals surface area contributed by atoms with Gasteiger partial charge in [-0.3, -0.25) is 9.59 Å². The van der Waals surface area contributed by atoms with Gasteiger partial charge in [-0.15, -0.1) is 12.4 Å². The molecule has 0 spiro atoms. The molecule has 1 N–H and O–H groups in total. The number of fused-ring (bicyclic) bond motifs is 1. The fourth-order valence-electron chi connectivity index (χ4n) is 2.67. The summed E-state index contributed by atoms with van der Waals surface area (Å²) >= 11 is 0. The second-order valence-electron chi connectivity index (χ2n) is 5.13. The van der Waals surface area contributed by atoms with Gasteiger partial charge in [0.15, 0.2) is 0 Å². The maximum Gasteiger partial charge on any atom is 0.267 e. The predicted molar refractivity (Wildman–Crippen MR) is 77.0 cm³/mol. The number of carbonyl (C=O) groups excluding carboxylic acids is 1. The number of hydrogen-bond acceptors (Lipinski definition) is 4. The van der Waals surface area contributed by atoms with E-state index in [1.165, 1.54) is 4.68 Å². The Bertz CT molecular complexity index is 552. The number of nitrogens with zero attached hydrogens (tertiary/aromatic N) is 3. The van der Waals surface area contributed by atoms with E-state index in [1.807, 2.05) is 4.90 Å². The highest BCUT2D eigenvalue weighted by molar-refractivity contribution is 5.85. The van der Waals surface area contributed by atoms with E-state index in [1.54, 1.807) is 6.07 Å². The molecule has 110 valence electrons. The van der Waals surface area contributed by atoms with Gasteiger partial charge in [0.05, 0.1) is 5.69 Å². The van der Waals surface area contributed by atoms with Gasteiger partial charge >= 0.3 is 0 Å². The molecule has 7 heteroatoms. The summed E-state index contributed by atoms with van der Waals surface area (Å²) in [5, 5.41) is 7.55. The van der Waals surface area contributed by atoms with Crippen LogP contribution in [0.4, 0.5) is 0 Å². The first-order chi connectivity index (χ1) is 9.24. The van der Waals surface area contributed by atoms with Crippen LogP contribution in [-0.2, 0) is 24.3 Å². The molecule has 3 rings (SSSR count). The van der Waals surface area contributed by atoms with Gasteiger partial charge in [-0.1, -0.05) is 0 Å².